The van der Waals surface area contributed by atoms with Crippen LogP contribution in [0.4, 0.5) is 10.1 Å². The molecule has 104 valence electrons. The van der Waals surface area contributed by atoms with Gasteiger partial charge in [-0.3, -0.25) is 10.1 Å². The molecule has 0 unspecified atom stereocenters. The number of nitrogens with one attached hydrogen (secondary N) is 1. The summed E-state index contributed by atoms with van der Waals surface area (Å²) >= 11 is 0. The molecule has 0 heterocycles. The van der Waals surface area contributed by atoms with Gasteiger partial charge < -0.3 is 5.32 Å². The molecule has 0 aromatic heterocycles. The lowest BCUT2D eigenvalue weighted by Crippen LogP contribution is -2.29. The van der Waals surface area contributed by atoms with Crippen LogP contribution in [0.25, 0.3) is 0 Å². The maximum atomic E-state index is 13.2. The molecule has 0 radical (unpaired) electrons. The summed E-state index contributed by atoms with van der Waals surface area (Å²) in [6, 6.07) is 3.59. The molecule has 2 rings (SSSR count). The molecule has 0 saturated heterocycles. The van der Waals surface area contributed by atoms with E-state index < -0.39 is 10.7 Å². The van der Waals surface area contributed by atoms with Crippen molar-refractivity contribution in [2.45, 2.75) is 39.2 Å². The Morgan fingerprint density at radius 2 is 2.11 bits per heavy atom. The molecule has 1 N–H and O–H groups in total. The lowest BCUT2D eigenvalue weighted by atomic mass is 9.89. The van der Waals surface area contributed by atoms with Gasteiger partial charge in [-0.25, -0.2) is 4.39 Å². The van der Waals surface area contributed by atoms with Crippen molar-refractivity contribution in [1.29, 1.82) is 0 Å². The minimum Gasteiger partial charge on any atom is -0.312 e. The molecule has 1 fully saturated rings. The Balaban J connectivity index is 1.98. The predicted octanol–water partition coefficient (Wildman–Crippen LogP) is 3.40. The number of hydrogen-bond donors (Lipinski definition) is 1. The molecule has 1 aromatic carbocycles. The average molecular weight is 266 g/mol. The Labute approximate surface area is 112 Å². The van der Waals surface area contributed by atoms with E-state index >= 15 is 0 Å². The monoisotopic (exact) mass is 266 g/mol. The third-order valence-electron chi connectivity index (χ3n) is 3.92. The van der Waals surface area contributed by atoms with Crippen LogP contribution in [0, 0.1) is 21.3 Å². The Bertz CT molecular complexity index is 471. The number of nitro benzene ring substituents is 1. The normalized spacial score (nSPS) is 17.6. The zero-order valence-electron chi connectivity index (χ0n) is 11.1. The molecule has 1 saturated carbocycles. The van der Waals surface area contributed by atoms with Crippen molar-refractivity contribution in [2.24, 2.45) is 5.41 Å². The molecule has 0 atom stereocenters. The number of benzene rings is 1. The van der Waals surface area contributed by atoms with Crippen molar-refractivity contribution in [3.8, 4) is 0 Å². The molecule has 0 amide bonds. The summed E-state index contributed by atoms with van der Waals surface area (Å²) in [4.78, 5) is 10.4. The van der Waals surface area contributed by atoms with Crippen LogP contribution in [0.5, 0.6) is 0 Å². The highest BCUT2D eigenvalue weighted by atomic mass is 19.1. The van der Waals surface area contributed by atoms with Crippen LogP contribution in [0.15, 0.2) is 18.2 Å². The quantitative estimate of drug-likeness (QED) is 0.656. The summed E-state index contributed by atoms with van der Waals surface area (Å²) in [6.45, 7) is 3.39. The van der Waals surface area contributed by atoms with Crippen molar-refractivity contribution < 1.29 is 9.31 Å². The SMILES string of the molecule is CC1(CNCc2cc(F)ccc2[N+](=O)[O-])CCCC1. The molecule has 0 spiro atoms. The third kappa shape index (κ3) is 3.50. The standard InChI is InChI=1S/C14H19FN2O2/c1-14(6-2-3-7-14)10-16-9-11-8-12(15)4-5-13(11)17(18)19/h4-5,8,16H,2-3,6-7,9-10H2,1H3. The van der Waals surface area contributed by atoms with E-state index in [0.717, 1.165) is 12.6 Å². The number of hydrogen-bond acceptors (Lipinski definition) is 3. The van der Waals surface area contributed by atoms with E-state index in [1.165, 1.54) is 37.8 Å². The third-order valence-corrected chi connectivity index (χ3v) is 3.92. The maximum absolute atomic E-state index is 13.2. The maximum Gasteiger partial charge on any atom is 0.274 e. The van der Waals surface area contributed by atoms with Gasteiger partial charge in [0.1, 0.15) is 5.82 Å². The number of nitro groups is 1. The van der Waals surface area contributed by atoms with Gasteiger partial charge in [0.15, 0.2) is 0 Å². The van der Waals surface area contributed by atoms with Gasteiger partial charge in [-0.05, 0) is 30.4 Å². The van der Waals surface area contributed by atoms with Crippen molar-refractivity contribution in [1.82, 2.24) is 5.32 Å². The minimum absolute atomic E-state index is 0.0227. The van der Waals surface area contributed by atoms with E-state index in [9.17, 15) is 14.5 Å². The Hall–Kier alpha value is -1.49. The van der Waals surface area contributed by atoms with Crippen molar-refractivity contribution in [3.63, 3.8) is 0 Å². The molecule has 19 heavy (non-hydrogen) atoms. The summed E-state index contributed by atoms with van der Waals surface area (Å²) < 4.78 is 13.2. The fourth-order valence-electron chi connectivity index (χ4n) is 2.78. The highest BCUT2D eigenvalue weighted by molar-refractivity contribution is 5.40. The number of rotatable bonds is 5. The first kappa shape index (κ1) is 13.9. The molecule has 1 aliphatic rings. The first-order valence-corrected chi connectivity index (χ1v) is 6.64. The van der Waals surface area contributed by atoms with Crippen LogP contribution in [0.3, 0.4) is 0 Å². The second kappa shape index (κ2) is 5.65. The van der Waals surface area contributed by atoms with Crippen LogP contribution in [0.2, 0.25) is 0 Å². The molecular formula is C14H19FN2O2. The Morgan fingerprint density at radius 3 is 2.74 bits per heavy atom. The van der Waals surface area contributed by atoms with Gasteiger partial charge in [0.2, 0.25) is 0 Å². The summed E-state index contributed by atoms with van der Waals surface area (Å²) in [7, 11) is 0. The van der Waals surface area contributed by atoms with Crippen molar-refractivity contribution in [3.05, 3.63) is 39.7 Å². The van der Waals surface area contributed by atoms with E-state index in [1.807, 2.05) is 0 Å². The molecule has 4 nitrogen and oxygen atoms in total. The van der Waals surface area contributed by atoms with Gasteiger partial charge in [-0.2, -0.15) is 0 Å². The van der Waals surface area contributed by atoms with Crippen molar-refractivity contribution in [2.75, 3.05) is 6.54 Å². The highest BCUT2D eigenvalue weighted by Crippen LogP contribution is 2.36. The van der Waals surface area contributed by atoms with Crippen LogP contribution >= 0.6 is 0 Å². The first-order chi connectivity index (χ1) is 9.00. The molecule has 5 heteroatoms. The number of nitrogens with zero attached hydrogens (tertiary/aromatic N) is 1. The fourth-order valence-corrected chi connectivity index (χ4v) is 2.78. The topological polar surface area (TPSA) is 55.2 Å². The smallest absolute Gasteiger partial charge is 0.274 e. The summed E-state index contributed by atoms with van der Waals surface area (Å²) in [5.41, 5.74) is 0.666. The Morgan fingerprint density at radius 1 is 1.42 bits per heavy atom. The molecule has 0 bridgehead atoms. The lowest BCUT2D eigenvalue weighted by Gasteiger charge is -2.23. The zero-order valence-corrected chi connectivity index (χ0v) is 11.1. The van der Waals surface area contributed by atoms with E-state index in [1.54, 1.807) is 0 Å². The van der Waals surface area contributed by atoms with E-state index in [-0.39, 0.29) is 11.1 Å². The lowest BCUT2D eigenvalue weighted by molar-refractivity contribution is -0.385. The second-order valence-electron chi connectivity index (χ2n) is 5.65. The Kier molecular flexibility index (Phi) is 4.14. The van der Waals surface area contributed by atoms with Crippen molar-refractivity contribution >= 4 is 5.69 Å². The van der Waals surface area contributed by atoms with E-state index in [4.69, 9.17) is 0 Å². The van der Waals surface area contributed by atoms with E-state index in [2.05, 4.69) is 12.2 Å². The first-order valence-electron chi connectivity index (χ1n) is 6.64. The number of halogens is 1. The van der Waals surface area contributed by atoms with E-state index in [0.29, 0.717) is 12.1 Å². The summed E-state index contributed by atoms with van der Waals surface area (Å²) in [5, 5.41) is 14.1. The summed E-state index contributed by atoms with van der Waals surface area (Å²) in [6.07, 6.45) is 4.87. The summed E-state index contributed by atoms with van der Waals surface area (Å²) in [5.74, 6) is -0.436. The minimum atomic E-state index is -0.465. The van der Waals surface area contributed by atoms with Gasteiger partial charge in [0.05, 0.1) is 4.92 Å². The zero-order chi connectivity index (χ0) is 13.9. The molecule has 1 aliphatic carbocycles. The van der Waals surface area contributed by atoms with Crippen LogP contribution in [0.1, 0.15) is 38.2 Å². The van der Waals surface area contributed by atoms with Gasteiger partial charge in [0.25, 0.3) is 5.69 Å². The van der Waals surface area contributed by atoms with Crippen LogP contribution in [-0.2, 0) is 6.54 Å². The van der Waals surface area contributed by atoms with Crippen LogP contribution in [-0.4, -0.2) is 11.5 Å². The molecular weight excluding hydrogens is 247 g/mol. The average Bonchev–Trinajstić information content (AvgIpc) is 2.76. The van der Waals surface area contributed by atoms with Gasteiger partial charge in [-0.15, -0.1) is 0 Å². The largest absolute Gasteiger partial charge is 0.312 e. The second-order valence-corrected chi connectivity index (χ2v) is 5.65. The molecule has 1 aromatic rings. The highest BCUT2D eigenvalue weighted by Gasteiger charge is 2.28. The van der Waals surface area contributed by atoms with Gasteiger partial charge in [-0.1, -0.05) is 19.8 Å². The predicted molar refractivity (Wildman–Crippen MR) is 71.3 cm³/mol. The van der Waals surface area contributed by atoms with Gasteiger partial charge >= 0.3 is 0 Å². The van der Waals surface area contributed by atoms with Gasteiger partial charge in [0, 0.05) is 24.7 Å². The fraction of sp³-hybridized carbons (Fsp3) is 0.571. The molecule has 0 aliphatic heterocycles. The van der Waals surface area contributed by atoms with Crippen LogP contribution < -0.4 is 5.32 Å².